The van der Waals surface area contributed by atoms with Crippen molar-refractivity contribution >= 4 is 44.1 Å². The number of hydrogen-bond acceptors (Lipinski definition) is 8. The second-order valence-corrected chi connectivity index (χ2v) is 9.91. The number of ether oxygens (including phenoxy) is 2. The molecule has 10 heteroatoms. The number of anilines is 1. The van der Waals surface area contributed by atoms with Crippen LogP contribution >= 0.6 is 22.7 Å². The number of methoxy groups -OCH3 is 1. The summed E-state index contributed by atoms with van der Waals surface area (Å²) in [6.45, 7) is 5.10. The summed E-state index contributed by atoms with van der Waals surface area (Å²) in [4.78, 5) is 28.4. The Bertz CT molecular complexity index is 1090. The van der Waals surface area contributed by atoms with Gasteiger partial charge >= 0.3 is 6.03 Å². The number of hydrogen-bond donors (Lipinski definition) is 1. The Balaban J connectivity index is 1.40. The number of nitrogens with one attached hydrogen (secondary N) is 1. The normalized spacial score (nSPS) is 18.3. The Morgan fingerprint density at radius 2 is 2.13 bits per heavy atom. The number of aromatic nitrogens is 3. The van der Waals surface area contributed by atoms with Crippen molar-refractivity contribution in [2.75, 3.05) is 38.7 Å². The van der Waals surface area contributed by atoms with Gasteiger partial charge in [0.15, 0.2) is 5.13 Å². The highest BCUT2D eigenvalue weighted by molar-refractivity contribution is 7.23. The first kappa shape index (κ1) is 19.7. The summed E-state index contributed by atoms with van der Waals surface area (Å²) in [5.41, 5.74) is 2.62. The number of carbonyl (C=O) groups is 1. The van der Waals surface area contributed by atoms with Crippen molar-refractivity contribution in [2.24, 2.45) is 5.41 Å². The smallest absolute Gasteiger partial charge is 0.323 e. The number of carbonyl (C=O) groups excluding carboxylic acids is 1. The molecule has 2 aliphatic heterocycles. The topological polar surface area (TPSA) is 89.5 Å². The molecule has 3 aromatic rings. The quantitative estimate of drug-likeness (QED) is 0.651. The number of amides is 2. The third kappa shape index (κ3) is 3.52. The van der Waals surface area contributed by atoms with E-state index in [0.29, 0.717) is 16.5 Å². The van der Waals surface area contributed by atoms with Gasteiger partial charge in [0.1, 0.15) is 5.52 Å². The van der Waals surface area contributed by atoms with E-state index >= 15 is 0 Å². The van der Waals surface area contributed by atoms with Crippen LogP contribution in [-0.2, 0) is 4.74 Å². The van der Waals surface area contributed by atoms with Gasteiger partial charge in [-0.25, -0.2) is 19.7 Å². The van der Waals surface area contributed by atoms with Crippen molar-refractivity contribution in [1.82, 2.24) is 19.9 Å². The van der Waals surface area contributed by atoms with E-state index in [1.165, 1.54) is 11.3 Å². The van der Waals surface area contributed by atoms with E-state index in [4.69, 9.17) is 9.47 Å². The van der Waals surface area contributed by atoms with Crippen molar-refractivity contribution in [1.29, 1.82) is 0 Å². The molecule has 0 unspecified atom stereocenters. The second kappa shape index (κ2) is 7.75. The lowest BCUT2D eigenvalue weighted by atomic mass is 9.80. The first-order chi connectivity index (χ1) is 14.6. The first-order valence-corrected chi connectivity index (χ1v) is 11.7. The molecule has 0 atom stereocenters. The summed E-state index contributed by atoms with van der Waals surface area (Å²) < 4.78 is 11.8. The lowest BCUT2D eigenvalue weighted by molar-refractivity contribution is 0.0211. The minimum absolute atomic E-state index is 0.101. The Morgan fingerprint density at radius 1 is 1.30 bits per heavy atom. The molecule has 5 heterocycles. The van der Waals surface area contributed by atoms with Crippen LogP contribution in [0.3, 0.4) is 0 Å². The van der Waals surface area contributed by atoms with E-state index in [1.54, 1.807) is 24.6 Å². The van der Waals surface area contributed by atoms with Gasteiger partial charge in [0, 0.05) is 43.4 Å². The molecule has 0 saturated carbocycles. The van der Waals surface area contributed by atoms with Gasteiger partial charge in [0.25, 0.3) is 0 Å². The minimum Gasteiger partial charge on any atom is -0.479 e. The molecular weight excluding hydrogens is 422 g/mol. The molecule has 8 nitrogen and oxygen atoms in total. The van der Waals surface area contributed by atoms with Crippen molar-refractivity contribution in [3.8, 4) is 17.1 Å². The summed E-state index contributed by atoms with van der Waals surface area (Å²) in [6, 6.07) is -0.101. The number of aryl methyl sites for hydroxylation is 1. The third-order valence-electron chi connectivity index (χ3n) is 5.97. The zero-order valence-electron chi connectivity index (χ0n) is 16.9. The Kier molecular flexibility index (Phi) is 5.08. The standard InChI is InChI=1S/C20H23N5O3S2/c1-12-22-14(10-29-12)13-9-21-17(27-2)15-16(13)30-18(23-15)24-19(26)25-6-3-20(11-25)4-7-28-8-5-20/h9-10H,3-8,11H2,1-2H3,(H,23,24,26). The van der Waals surface area contributed by atoms with Gasteiger partial charge in [0.05, 0.1) is 22.5 Å². The van der Waals surface area contributed by atoms with Gasteiger partial charge in [-0.2, -0.15) is 0 Å². The third-order valence-corrected chi connectivity index (χ3v) is 7.74. The number of urea groups is 1. The number of fused-ring (bicyclic) bond motifs is 1. The first-order valence-electron chi connectivity index (χ1n) is 9.97. The van der Waals surface area contributed by atoms with Crippen molar-refractivity contribution in [2.45, 2.75) is 26.2 Å². The molecule has 3 aromatic heterocycles. The van der Waals surface area contributed by atoms with E-state index in [9.17, 15) is 4.79 Å². The summed E-state index contributed by atoms with van der Waals surface area (Å²) >= 11 is 3.02. The highest BCUT2D eigenvalue weighted by Gasteiger charge is 2.41. The largest absolute Gasteiger partial charge is 0.479 e. The molecular formula is C20H23N5O3S2. The van der Waals surface area contributed by atoms with Gasteiger partial charge in [-0.1, -0.05) is 11.3 Å². The summed E-state index contributed by atoms with van der Waals surface area (Å²) in [6.07, 6.45) is 4.85. The maximum Gasteiger partial charge on any atom is 0.323 e. The fraction of sp³-hybridized carbons (Fsp3) is 0.500. The van der Waals surface area contributed by atoms with Gasteiger partial charge in [-0.3, -0.25) is 5.32 Å². The number of pyridine rings is 1. The van der Waals surface area contributed by atoms with Gasteiger partial charge < -0.3 is 14.4 Å². The minimum atomic E-state index is -0.101. The fourth-order valence-corrected chi connectivity index (χ4v) is 5.83. The molecule has 2 saturated heterocycles. The average molecular weight is 446 g/mol. The van der Waals surface area contributed by atoms with E-state index < -0.39 is 0 Å². The molecule has 30 heavy (non-hydrogen) atoms. The monoisotopic (exact) mass is 445 g/mol. The molecule has 5 rings (SSSR count). The summed E-state index contributed by atoms with van der Waals surface area (Å²) in [5, 5.41) is 6.53. The van der Waals surface area contributed by atoms with Gasteiger partial charge in [-0.05, 0) is 31.6 Å². The molecule has 2 aliphatic rings. The van der Waals surface area contributed by atoms with Gasteiger partial charge in [0.2, 0.25) is 5.88 Å². The highest BCUT2D eigenvalue weighted by atomic mass is 32.1. The second-order valence-electron chi connectivity index (χ2n) is 7.84. The predicted octanol–water partition coefficient (Wildman–Crippen LogP) is 4.17. The zero-order chi connectivity index (χ0) is 20.7. The van der Waals surface area contributed by atoms with Crippen LogP contribution in [0.5, 0.6) is 5.88 Å². The lowest BCUT2D eigenvalue weighted by Gasteiger charge is -2.33. The van der Waals surface area contributed by atoms with E-state index in [2.05, 4.69) is 20.3 Å². The van der Waals surface area contributed by atoms with E-state index in [-0.39, 0.29) is 11.4 Å². The van der Waals surface area contributed by atoms with Crippen LogP contribution in [0.25, 0.3) is 21.5 Å². The van der Waals surface area contributed by atoms with Crippen molar-refractivity contribution in [3.63, 3.8) is 0 Å². The molecule has 158 valence electrons. The molecule has 1 spiro atoms. The number of rotatable bonds is 3. The molecule has 0 radical (unpaired) electrons. The molecule has 2 amide bonds. The Hall–Kier alpha value is -2.30. The van der Waals surface area contributed by atoms with Crippen LogP contribution < -0.4 is 10.1 Å². The van der Waals surface area contributed by atoms with Crippen molar-refractivity contribution in [3.05, 3.63) is 16.6 Å². The molecule has 0 bridgehead atoms. The lowest BCUT2D eigenvalue weighted by Crippen LogP contribution is -2.37. The zero-order valence-corrected chi connectivity index (χ0v) is 18.6. The maximum absolute atomic E-state index is 12.9. The van der Waals surface area contributed by atoms with Crippen molar-refractivity contribution < 1.29 is 14.3 Å². The molecule has 1 N–H and O–H groups in total. The number of thiazole rings is 2. The maximum atomic E-state index is 12.9. The molecule has 0 aliphatic carbocycles. The average Bonchev–Trinajstić information content (AvgIpc) is 3.47. The Labute approximate surface area is 182 Å². The van der Waals surface area contributed by atoms with Crippen LogP contribution in [0.4, 0.5) is 9.93 Å². The van der Waals surface area contributed by atoms with E-state index in [0.717, 1.165) is 66.5 Å². The van der Waals surface area contributed by atoms with Gasteiger partial charge in [-0.15, -0.1) is 11.3 Å². The molecule has 2 fully saturated rings. The van der Waals surface area contributed by atoms with E-state index in [1.807, 2.05) is 17.2 Å². The van der Waals surface area contributed by atoms with Crippen LogP contribution in [0.2, 0.25) is 0 Å². The Morgan fingerprint density at radius 3 is 2.87 bits per heavy atom. The number of nitrogens with zero attached hydrogens (tertiary/aromatic N) is 4. The van der Waals surface area contributed by atoms with Crippen LogP contribution in [0, 0.1) is 12.3 Å². The number of likely N-dealkylation sites (tertiary alicyclic amines) is 1. The SMILES string of the molecule is COc1ncc(-c2csc(C)n2)c2sc(NC(=O)N3CCC4(CCOCC4)C3)nc12. The van der Waals surface area contributed by atoms with Crippen LogP contribution in [0.15, 0.2) is 11.6 Å². The highest BCUT2D eigenvalue weighted by Crippen LogP contribution is 2.41. The fourth-order valence-electron chi connectivity index (χ4n) is 4.25. The predicted molar refractivity (Wildman–Crippen MR) is 118 cm³/mol. The summed E-state index contributed by atoms with van der Waals surface area (Å²) in [5.74, 6) is 0.444. The van der Waals surface area contributed by atoms with Crippen LogP contribution in [-0.4, -0.2) is 59.3 Å². The van der Waals surface area contributed by atoms with Crippen LogP contribution in [0.1, 0.15) is 24.3 Å². The summed E-state index contributed by atoms with van der Waals surface area (Å²) in [7, 11) is 1.57. The molecule has 0 aromatic carbocycles.